The number of aliphatic imine (C=N–C) groups is 1. The van der Waals surface area contributed by atoms with Gasteiger partial charge in [-0.15, -0.1) is 0 Å². The molecule has 0 heterocycles. The maximum absolute atomic E-state index is 11.8. The standard InChI is InChI=1S/C11H26N4O2S/c1-4-7-8-13-11(12)14-9-10-18(16,17)15(5-2)6-3/h4-10H2,1-3H3,(H3,12,13,14). The summed E-state index contributed by atoms with van der Waals surface area (Å²) < 4.78 is 25.1. The molecule has 0 fully saturated rings. The summed E-state index contributed by atoms with van der Waals surface area (Å²) in [6.07, 6.45) is 2.05. The van der Waals surface area contributed by atoms with E-state index in [0.717, 1.165) is 12.8 Å². The Morgan fingerprint density at radius 3 is 2.39 bits per heavy atom. The Balaban J connectivity index is 4.07. The predicted octanol–water partition coefficient (Wildman–Crippen LogP) is 0.362. The summed E-state index contributed by atoms with van der Waals surface area (Å²) in [6.45, 7) is 7.70. The van der Waals surface area contributed by atoms with Gasteiger partial charge in [-0.05, 0) is 6.42 Å². The summed E-state index contributed by atoms with van der Waals surface area (Å²) in [7, 11) is -3.18. The largest absolute Gasteiger partial charge is 0.370 e. The van der Waals surface area contributed by atoms with Crippen LogP contribution in [-0.2, 0) is 10.0 Å². The molecule has 0 aliphatic carbocycles. The second kappa shape index (κ2) is 9.16. The lowest BCUT2D eigenvalue weighted by atomic mass is 10.3. The molecule has 6 nitrogen and oxygen atoms in total. The predicted molar refractivity (Wildman–Crippen MR) is 76.1 cm³/mol. The molecule has 0 atom stereocenters. The zero-order valence-corrected chi connectivity index (χ0v) is 12.5. The van der Waals surface area contributed by atoms with Gasteiger partial charge in [-0.3, -0.25) is 4.99 Å². The maximum Gasteiger partial charge on any atom is 0.215 e. The van der Waals surface area contributed by atoms with E-state index in [-0.39, 0.29) is 5.75 Å². The van der Waals surface area contributed by atoms with Gasteiger partial charge in [0.2, 0.25) is 10.0 Å². The molecule has 0 aromatic heterocycles. The van der Waals surface area contributed by atoms with Crippen molar-refractivity contribution in [3.63, 3.8) is 0 Å². The Labute approximate surface area is 111 Å². The SMILES string of the molecule is CCCCN=C(N)NCCS(=O)(=O)N(CC)CC. The first-order chi connectivity index (χ1) is 8.47. The second-order valence-corrected chi connectivity index (χ2v) is 6.04. The van der Waals surface area contributed by atoms with Crippen molar-refractivity contribution in [1.29, 1.82) is 0 Å². The normalized spacial score (nSPS) is 13.0. The van der Waals surface area contributed by atoms with Crippen molar-refractivity contribution in [2.24, 2.45) is 10.7 Å². The molecule has 0 spiro atoms. The van der Waals surface area contributed by atoms with E-state index in [9.17, 15) is 8.42 Å². The van der Waals surface area contributed by atoms with Crippen LogP contribution in [-0.4, -0.2) is 50.6 Å². The molecule has 0 saturated heterocycles. The summed E-state index contributed by atoms with van der Waals surface area (Å²) in [6, 6.07) is 0. The first kappa shape index (κ1) is 17.2. The van der Waals surface area contributed by atoms with Gasteiger partial charge < -0.3 is 11.1 Å². The summed E-state index contributed by atoms with van der Waals surface area (Å²) in [5, 5.41) is 2.82. The molecular formula is C11H26N4O2S. The van der Waals surface area contributed by atoms with Crippen LogP contribution in [0.25, 0.3) is 0 Å². The van der Waals surface area contributed by atoms with Crippen LogP contribution in [0.1, 0.15) is 33.6 Å². The molecule has 108 valence electrons. The number of rotatable bonds is 9. The lowest BCUT2D eigenvalue weighted by Crippen LogP contribution is -2.39. The number of nitrogens with one attached hydrogen (secondary N) is 1. The molecule has 3 N–H and O–H groups in total. The molecule has 0 aliphatic rings. The molecule has 0 amide bonds. The van der Waals surface area contributed by atoms with E-state index in [1.54, 1.807) is 0 Å². The lowest BCUT2D eigenvalue weighted by Gasteiger charge is -2.18. The molecule has 0 aromatic rings. The van der Waals surface area contributed by atoms with Crippen molar-refractivity contribution in [3.8, 4) is 0 Å². The van der Waals surface area contributed by atoms with Crippen LogP contribution in [0.3, 0.4) is 0 Å². The minimum absolute atomic E-state index is 0.0404. The van der Waals surface area contributed by atoms with Crippen molar-refractivity contribution >= 4 is 16.0 Å². The molecule has 0 radical (unpaired) electrons. The van der Waals surface area contributed by atoms with Gasteiger partial charge in [0.1, 0.15) is 0 Å². The third-order valence-electron chi connectivity index (χ3n) is 2.56. The Kier molecular flexibility index (Phi) is 8.74. The van der Waals surface area contributed by atoms with E-state index >= 15 is 0 Å². The Hall–Kier alpha value is -0.820. The van der Waals surface area contributed by atoms with E-state index in [4.69, 9.17) is 5.73 Å². The fraction of sp³-hybridized carbons (Fsp3) is 0.909. The van der Waals surface area contributed by atoms with Gasteiger partial charge >= 0.3 is 0 Å². The van der Waals surface area contributed by atoms with Gasteiger partial charge in [0, 0.05) is 26.2 Å². The third kappa shape index (κ3) is 6.80. The minimum atomic E-state index is -3.18. The zero-order chi connectivity index (χ0) is 14.0. The van der Waals surface area contributed by atoms with Crippen LogP contribution in [0.2, 0.25) is 0 Å². The van der Waals surface area contributed by atoms with Crippen LogP contribution in [0.5, 0.6) is 0 Å². The Bertz CT molecular complexity index is 337. The number of guanidine groups is 1. The van der Waals surface area contributed by atoms with E-state index in [1.807, 2.05) is 13.8 Å². The quantitative estimate of drug-likeness (QED) is 0.362. The molecule has 0 aliphatic heterocycles. The molecule has 0 unspecified atom stereocenters. The number of hydrogen-bond donors (Lipinski definition) is 2. The first-order valence-electron chi connectivity index (χ1n) is 6.49. The highest BCUT2D eigenvalue weighted by atomic mass is 32.2. The van der Waals surface area contributed by atoms with E-state index in [0.29, 0.717) is 32.1 Å². The number of hydrogen-bond acceptors (Lipinski definition) is 3. The maximum atomic E-state index is 11.8. The topological polar surface area (TPSA) is 87.8 Å². The van der Waals surface area contributed by atoms with Crippen LogP contribution in [0.4, 0.5) is 0 Å². The molecule has 18 heavy (non-hydrogen) atoms. The molecular weight excluding hydrogens is 252 g/mol. The number of sulfonamides is 1. The molecule has 0 saturated carbocycles. The number of unbranched alkanes of at least 4 members (excludes halogenated alkanes) is 1. The highest BCUT2D eigenvalue weighted by Gasteiger charge is 2.17. The van der Waals surface area contributed by atoms with E-state index in [2.05, 4.69) is 17.2 Å². The number of nitrogens with zero attached hydrogens (tertiary/aromatic N) is 2. The van der Waals surface area contributed by atoms with Crippen LogP contribution < -0.4 is 11.1 Å². The smallest absolute Gasteiger partial charge is 0.215 e. The summed E-state index contributed by atoms with van der Waals surface area (Å²) >= 11 is 0. The first-order valence-corrected chi connectivity index (χ1v) is 8.10. The summed E-state index contributed by atoms with van der Waals surface area (Å²) in [5.41, 5.74) is 5.62. The van der Waals surface area contributed by atoms with Gasteiger partial charge in [-0.25, -0.2) is 12.7 Å². The van der Waals surface area contributed by atoms with Gasteiger partial charge in [0.25, 0.3) is 0 Å². The van der Waals surface area contributed by atoms with Gasteiger partial charge in [0.15, 0.2) is 5.96 Å². The van der Waals surface area contributed by atoms with Crippen molar-refractivity contribution in [2.75, 3.05) is 31.9 Å². The minimum Gasteiger partial charge on any atom is -0.370 e. The van der Waals surface area contributed by atoms with Gasteiger partial charge in [-0.1, -0.05) is 27.2 Å². The molecule has 0 rings (SSSR count). The van der Waals surface area contributed by atoms with E-state index in [1.165, 1.54) is 4.31 Å². The van der Waals surface area contributed by atoms with Crippen LogP contribution in [0.15, 0.2) is 4.99 Å². The highest BCUT2D eigenvalue weighted by molar-refractivity contribution is 7.89. The molecule has 0 bridgehead atoms. The Morgan fingerprint density at radius 1 is 1.28 bits per heavy atom. The number of nitrogens with two attached hydrogens (primary N) is 1. The van der Waals surface area contributed by atoms with Crippen LogP contribution >= 0.6 is 0 Å². The monoisotopic (exact) mass is 278 g/mol. The lowest BCUT2D eigenvalue weighted by molar-refractivity contribution is 0.445. The molecule has 7 heteroatoms. The summed E-state index contributed by atoms with van der Waals surface area (Å²) in [5.74, 6) is 0.358. The van der Waals surface area contributed by atoms with E-state index < -0.39 is 10.0 Å². The van der Waals surface area contributed by atoms with Crippen molar-refractivity contribution in [1.82, 2.24) is 9.62 Å². The zero-order valence-electron chi connectivity index (χ0n) is 11.6. The fourth-order valence-corrected chi connectivity index (χ4v) is 2.87. The molecule has 0 aromatic carbocycles. The average molecular weight is 278 g/mol. The fourth-order valence-electron chi connectivity index (χ4n) is 1.47. The Morgan fingerprint density at radius 2 is 1.89 bits per heavy atom. The second-order valence-electron chi connectivity index (χ2n) is 3.95. The van der Waals surface area contributed by atoms with Crippen molar-refractivity contribution in [3.05, 3.63) is 0 Å². The third-order valence-corrected chi connectivity index (χ3v) is 4.58. The van der Waals surface area contributed by atoms with Crippen molar-refractivity contribution in [2.45, 2.75) is 33.6 Å². The average Bonchev–Trinajstić information content (AvgIpc) is 2.30. The van der Waals surface area contributed by atoms with Crippen molar-refractivity contribution < 1.29 is 8.42 Å². The highest BCUT2D eigenvalue weighted by Crippen LogP contribution is 1.99. The van der Waals surface area contributed by atoms with Crippen LogP contribution in [0, 0.1) is 0 Å². The van der Waals surface area contributed by atoms with Gasteiger partial charge in [-0.2, -0.15) is 0 Å². The summed E-state index contributed by atoms with van der Waals surface area (Å²) in [4.78, 5) is 4.09. The van der Waals surface area contributed by atoms with Gasteiger partial charge in [0.05, 0.1) is 5.75 Å².